The lowest BCUT2D eigenvalue weighted by molar-refractivity contribution is 0.0669. The average molecular weight is 266 g/mol. The predicted molar refractivity (Wildman–Crippen MR) is 75.6 cm³/mol. The SMILES string of the molecule is CCC(CC)N(CCN)C(=O)c1ccc(C)cc1F. The highest BCUT2D eigenvalue weighted by molar-refractivity contribution is 5.94. The number of hydrogen-bond acceptors (Lipinski definition) is 2. The summed E-state index contributed by atoms with van der Waals surface area (Å²) < 4.78 is 13.9. The van der Waals surface area contributed by atoms with E-state index in [2.05, 4.69) is 0 Å². The molecule has 0 saturated carbocycles. The molecule has 0 spiro atoms. The normalized spacial score (nSPS) is 10.8. The second-order valence-electron chi connectivity index (χ2n) is 4.74. The van der Waals surface area contributed by atoms with Crippen molar-refractivity contribution in [3.05, 3.63) is 35.1 Å². The second-order valence-corrected chi connectivity index (χ2v) is 4.74. The molecule has 0 bridgehead atoms. The highest BCUT2D eigenvalue weighted by Crippen LogP contribution is 2.16. The van der Waals surface area contributed by atoms with Crippen molar-refractivity contribution < 1.29 is 9.18 Å². The summed E-state index contributed by atoms with van der Waals surface area (Å²) in [5.41, 5.74) is 6.50. The molecular formula is C15H23FN2O. The summed E-state index contributed by atoms with van der Waals surface area (Å²) in [4.78, 5) is 14.1. The third-order valence-electron chi connectivity index (χ3n) is 3.37. The summed E-state index contributed by atoms with van der Waals surface area (Å²) in [5, 5.41) is 0. The van der Waals surface area contributed by atoms with Crippen LogP contribution in [0.15, 0.2) is 18.2 Å². The van der Waals surface area contributed by atoms with E-state index >= 15 is 0 Å². The van der Waals surface area contributed by atoms with Crippen LogP contribution in [-0.2, 0) is 0 Å². The molecule has 0 aliphatic rings. The molecule has 0 fully saturated rings. The van der Waals surface area contributed by atoms with E-state index in [0.29, 0.717) is 13.1 Å². The minimum absolute atomic E-state index is 0.108. The molecule has 4 heteroatoms. The summed E-state index contributed by atoms with van der Waals surface area (Å²) in [6.07, 6.45) is 1.69. The number of rotatable bonds is 6. The highest BCUT2D eigenvalue weighted by Gasteiger charge is 2.23. The standard InChI is InChI=1S/C15H23FN2O/c1-4-12(5-2)18(9-8-17)15(19)13-7-6-11(3)10-14(13)16/h6-7,10,12H,4-5,8-9,17H2,1-3H3. The molecule has 0 aliphatic heterocycles. The van der Waals surface area contributed by atoms with E-state index < -0.39 is 5.82 Å². The lowest BCUT2D eigenvalue weighted by Gasteiger charge is -2.30. The van der Waals surface area contributed by atoms with Gasteiger partial charge in [0.2, 0.25) is 0 Å². The molecule has 3 nitrogen and oxygen atoms in total. The van der Waals surface area contributed by atoms with Gasteiger partial charge in [-0.25, -0.2) is 4.39 Å². The molecule has 0 aromatic heterocycles. The molecule has 1 aromatic rings. The van der Waals surface area contributed by atoms with Crippen LogP contribution in [0.4, 0.5) is 4.39 Å². The number of halogens is 1. The first-order valence-electron chi connectivity index (χ1n) is 6.82. The van der Waals surface area contributed by atoms with Gasteiger partial charge in [0.25, 0.3) is 5.91 Å². The third-order valence-corrected chi connectivity index (χ3v) is 3.37. The van der Waals surface area contributed by atoms with Crippen LogP contribution in [0, 0.1) is 12.7 Å². The first-order valence-corrected chi connectivity index (χ1v) is 6.82. The van der Waals surface area contributed by atoms with Gasteiger partial charge in [0.15, 0.2) is 0 Å². The van der Waals surface area contributed by atoms with Crippen LogP contribution in [0.1, 0.15) is 42.6 Å². The summed E-state index contributed by atoms with van der Waals surface area (Å²) in [5.74, 6) is -0.727. The summed E-state index contributed by atoms with van der Waals surface area (Å²) >= 11 is 0. The summed E-state index contributed by atoms with van der Waals surface area (Å²) in [7, 11) is 0. The van der Waals surface area contributed by atoms with E-state index in [4.69, 9.17) is 5.73 Å². The molecule has 1 rings (SSSR count). The fraction of sp³-hybridized carbons (Fsp3) is 0.533. The van der Waals surface area contributed by atoms with E-state index in [0.717, 1.165) is 18.4 Å². The molecule has 106 valence electrons. The van der Waals surface area contributed by atoms with Gasteiger partial charge < -0.3 is 10.6 Å². The minimum atomic E-state index is -0.460. The Hall–Kier alpha value is -1.42. The van der Waals surface area contributed by atoms with Gasteiger partial charge in [-0.3, -0.25) is 4.79 Å². The maximum atomic E-state index is 13.9. The Morgan fingerprint density at radius 2 is 2.00 bits per heavy atom. The maximum absolute atomic E-state index is 13.9. The molecule has 1 amide bonds. The smallest absolute Gasteiger partial charge is 0.257 e. The number of carbonyl (C=O) groups excluding carboxylic acids is 1. The molecule has 1 aromatic carbocycles. The number of amides is 1. The van der Waals surface area contributed by atoms with Crippen LogP contribution in [0.3, 0.4) is 0 Å². The molecule has 0 heterocycles. The van der Waals surface area contributed by atoms with Gasteiger partial charge in [-0.2, -0.15) is 0 Å². The zero-order valence-corrected chi connectivity index (χ0v) is 11.9. The molecule has 0 unspecified atom stereocenters. The number of aryl methyl sites for hydroxylation is 1. The quantitative estimate of drug-likeness (QED) is 0.860. The lowest BCUT2D eigenvalue weighted by Crippen LogP contribution is -2.43. The maximum Gasteiger partial charge on any atom is 0.257 e. The largest absolute Gasteiger partial charge is 0.334 e. The molecular weight excluding hydrogens is 243 g/mol. The Kier molecular flexibility index (Phi) is 5.96. The number of carbonyl (C=O) groups is 1. The van der Waals surface area contributed by atoms with Crippen LogP contribution < -0.4 is 5.73 Å². The number of nitrogens with zero attached hydrogens (tertiary/aromatic N) is 1. The van der Waals surface area contributed by atoms with Gasteiger partial charge >= 0.3 is 0 Å². The second kappa shape index (κ2) is 7.24. The van der Waals surface area contributed by atoms with Crippen LogP contribution in [0.25, 0.3) is 0 Å². The van der Waals surface area contributed by atoms with Crippen LogP contribution in [-0.4, -0.2) is 29.9 Å². The lowest BCUT2D eigenvalue weighted by atomic mass is 10.1. The van der Waals surface area contributed by atoms with Crippen molar-refractivity contribution >= 4 is 5.91 Å². The Balaban J connectivity index is 3.04. The van der Waals surface area contributed by atoms with Gasteiger partial charge in [0.05, 0.1) is 5.56 Å². The van der Waals surface area contributed by atoms with Crippen LogP contribution in [0.2, 0.25) is 0 Å². The van der Waals surface area contributed by atoms with Crippen molar-refractivity contribution in [2.75, 3.05) is 13.1 Å². The monoisotopic (exact) mass is 266 g/mol. The van der Waals surface area contributed by atoms with E-state index in [9.17, 15) is 9.18 Å². The highest BCUT2D eigenvalue weighted by atomic mass is 19.1. The van der Waals surface area contributed by atoms with E-state index in [1.807, 2.05) is 13.8 Å². The van der Waals surface area contributed by atoms with Crippen molar-refractivity contribution in [1.82, 2.24) is 4.90 Å². The van der Waals surface area contributed by atoms with Crippen molar-refractivity contribution in [2.45, 2.75) is 39.7 Å². The van der Waals surface area contributed by atoms with Crippen molar-refractivity contribution in [3.63, 3.8) is 0 Å². The number of nitrogens with two attached hydrogens (primary N) is 1. The first-order chi connectivity index (χ1) is 9.04. The topological polar surface area (TPSA) is 46.3 Å². The van der Waals surface area contributed by atoms with Crippen molar-refractivity contribution in [1.29, 1.82) is 0 Å². The van der Waals surface area contributed by atoms with Gasteiger partial charge in [0, 0.05) is 19.1 Å². The predicted octanol–water partition coefficient (Wildman–Crippen LogP) is 2.72. The fourth-order valence-electron chi connectivity index (χ4n) is 2.27. The Labute approximate surface area is 114 Å². The minimum Gasteiger partial charge on any atom is -0.334 e. The summed E-state index contributed by atoms with van der Waals surface area (Å²) in [6.45, 7) is 6.69. The molecule has 19 heavy (non-hydrogen) atoms. The molecule has 0 radical (unpaired) electrons. The summed E-state index contributed by atoms with van der Waals surface area (Å²) in [6, 6.07) is 4.81. The molecule has 0 atom stereocenters. The molecule has 2 N–H and O–H groups in total. The first kappa shape index (κ1) is 15.6. The van der Waals surface area contributed by atoms with Gasteiger partial charge in [-0.15, -0.1) is 0 Å². The third kappa shape index (κ3) is 3.77. The average Bonchev–Trinajstić information content (AvgIpc) is 2.38. The Morgan fingerprint density at radius 3 is 2.47 bits per heavy atom. The van der Waals surface area contributed by atoms with E-state index in [1.165, 1.54) is 6.07 Å². The number of hydrogen-bond donors (Lipinski definition) is 1. The zero-order valence-electron chi connectivity index (χ0n) is 11.9. The van der Waals surface area contributed by atoms with Gasteiger partial charge in [-0.05, 0) is 37.5 Å². The zero-order chi connectivity index (χ0) is 14.4. The Morgan fingerprint density at radius 1 is 1.37 bits per heavy atom. The number of benzene rings is 1. The molecule has 0 aliphatic carbocycles. The van der Waals surface area contributed by atoms with E-state index in [-0.39, 0.29) is 17.5 Å². The van der Waals surface area contributed by atoms with Crippen molar-refractivity contribution in [2.24, 2.45) is 5.73 Å². The fourth-order valence-corrected chi connectivity index (χ4v) is 2.27. The van der Waals surface area contributed by atoms with Crippen LogP contribution >= 0.6 is 0 Å². The van der Waals surface area contributed by atoms with E-state index in [1.54, 1.807) is 24.0 Å². The van der Waals surface area contributed by atoms with Crippen LogP contribution in [0.5, 0.6) is 0 Å². The Bertz CT molecular complexity index is 430. The molecule has 0 saturated heterocycles. The van der Waals surface area contributed by atoms with Gasteiger partial charge in [0.1, 0.15) is 5.82 Å². The van der Waals surface area contributed by atoms with Gasteiger partial charge in [-0.1, -0.05) is 19.9 Å². The van der Waals surface area contributed by atoms with Crippen molar-refractivity contribution in [3.8, 4) is 0 Å².